The lowest BCUT2D eigenvalue weighted by Crippen LogP contribution is -2.28. The van der Waals surface area contributed by atoms with Gasteiger partial charge in [0.15, 0.2) is 11.7 Å². The first kappa shape index (κ1) is 26.1. The van der Waals surface area contributed by atoms with E-state index in [2.05, 4.69) is 33.7 Å². The van der Waals surface area contributed by atoms with Crippen LogP contribution in [-0.2, 0) is 19.1 Å². The second-order valence-electron chi connectivity index (χ2n) is 8.58. The Labute approximate surface area is 216 Å². The maximum Gasteiger partial charge on any atom is 0.326 e. The molecule has 3 aromatic rings. The first-order valence-electron chi connectivity index (χ1n) is 12.5. The second-order valence-corrected chi connectivity index (χ2v) is 8.58. The van der Waals surface area contributed by atoms with Gasteiger partial charge in [0.2, 0.25) is 11.7 Å². The number of fused-ring (bicyclic) bond motifs is 1. The largest absolute Gasteiger partial charge is 0.492 e. The highest BCUT2D eigenvalue weighted by atomic mass is 16.5. The van der Waals surface area contributed by atoms with E-state index in [9.17, 15) is 9.59 Å². The second kappa shape index (κ2) is 11.8. The Bertz CT molecular complexity index is 1340. The zero-order valence-corrected chi connectivity index (χ0v) is 21.6. The lowest BCUT2D eigenvalue weighted by atomic mass is 10.0. The van der Waals surface area contributed by atoms with Gasteiger partial charge in [-0.15, -0.1) is 0 Å². The Kier molecular flexibility index (Phi) is 8.35. The van der Waals surface area contributed by atoms with Crippen LogP contribution in [0.4, 0.5) is 5.69 Å². The van der Waals surface area contributed by atoms with Gasteiger partial charge in [0.1, 0.15) is 18.0 Å². The maximum absolute atomic E-state index is 13.2. The number of ether oxygens (including phenoxy) is 3. The molecule has 0 radical (unpaired) electrons. The molecule has 1 aliphatic rings. The van der Waals surface area contributed by atoms with Crippen LogP contribution in [0.25, 0.3) is 17.1 Å². The van der Waals surface area contributed by atoms with Crippen LogP contribution in [0.5, 0.6) is 5.75 Å². The number of pyridine rings is 1. The lowest BCUT2D eigenvalue weighted by molar-refractivity contribution is -0.147. The van der Waals surface area contributed by atoms with Crippen LogP contribution in [0, 0.1) is 12.8 Å². The Morgan fingerprint density at radius 3 is 2.78 bits per heavy atom. The number of aromatic nitrogens is 2. The van der Waals surface area contributed by atoms with Crippen molar-refractivity contribution in [2.75, 3.05) is 32.8 Å². The van der Waals surface area contributed by atoms with E-state index in [-0.39, 0.29) is 18.3 Å². The van der Waals surface area contributed by atoms with E-state index in [0.29, 0.717) is 17.9 Å². The molecule has 1 N–H and O–H groups in total. The average Bonchev–Trinajstić information content (AvgIpc) is 3.44. The molecule has 9 nitrogen and oxygen atoms in total. The smallest absolute Gasteiger partial charge is 0.326 e. The van der Waals surface area contributed by atoms with E-state index in [1.807, 2.05) is 31.2 Å². The van der Waals surface area contributed by atoms with Gasteiger partial charge < -0.3 is 24.1 Å². The molecule has 4 rings (SSSR count). The molecule has 194 valence electrons. The molecule has 1 unspecified atom stereocenters. The Morgan fingerprint density at radius 1 is 1.24 bits per heavy atom. The zero-order valence-electron chi connectivity index (χ0n) is 21.6. The minimum Gasteiger partial charge on any atom is -0.492 e. The number of rotatable bonds is 10. The highest BCUT2D eigenvalue weighted by Gasteiger charge is 2.44. The molecule has 1 atom stereocenters. The van der Waals surface area contributed by atoms with Crippen molar-refractivity contribution < 1.29 is 23.8 Å². The summed E-state index contributed by atoms with van der Waals surface area (Å²) in [5.41, 5.74) is 2.81. The molecule has 0 spiro atoms. The number of aliphatic imine (C=N–C) groups is 1. The fourth-order valence-electron chi connectivity index (χ4n) is 4.13. The summed E-state index contributed by atoms with van der Waals surface area (Å²) in [6.07, 6.45) is 5.01. The predicted octanol–water partition coefficient (Wildman–Crippen LogP) is 4.44. The molecule has 0 bridgehead atoms. The van der Waals surface area contributed by atoms with Crippen LogP contribution in [0.3, 0.4) is 0 Å². The quantitative estimate of drug-likeness (QED) is 0.247. The first-order chi connectivity index (χ1) is 17.9. The molecule has 1 aliphatic heterocycles. The SMILES string of the molecule is CCOC(=O)C1C(=O)/C(=C/c2c[nH]c3ncccc23)OC1=Nc1ccc(OCCN(CC)CC)cc1C. The summed E-state index contributed by atoms with van der Waals surface area (Å²) in [4.78, 5) is 40.1. The van der Waals surface area contributed by atoms with E-state index in [1.54, 1.807) is 31.5 Å². The number of allylic oxidation sites excluding steroid dienone is 1. The standard InChI is InChI=1S/C28H32N4O5/c1-5-32(6-2)13-14-36-20-10-11-22(18(4)15-20)31-27-24(28(34)35-7-3)25(33)23(37-27)16-19-17-30-26-21(19)9-8-12-29-26/h8-12,15-17,24H,5-7,13-14H2,1-4H3,(H,29,30)/b23-16-,31-27?. The van der Waals surface area contributed by atoms with Gasteiger partial charge in [-0.05, 0) is 68.9 Å². The van der Waals surface area contributed by atoms with Gasteiger partial charge in [-0.3, -0.25) is 9.59 Å². The predicted molar refractivity (Wildman–Crippen MR) is 142 cm³/mol. The summed E-state index contributed by atoms with van der Waals surface area (Å²) in [5, 5.41) is 0.830. The third-order valence-electron chi connectivity index (χ3n) is 6.23. The highest BCUT2D eigenvalue weighted by Crippen LogP contribution is 2.31. The van der Waals surface area contributed by atoms with E-state index in [0.717, 1.165) is 41.9 Å². The molecule has 2 aromatic heterocycles. The van der Waals surface area contributed by atoms with Crippen LogP contribution in [0.2, 0.25) is 0 Å². The number of ketones is 1. The van der Waals surface area contributed by atoms with Crippen molar-refractivity contribution in [1.82, 2.24) is 14.9 Å². The number of aromatic amines is 1. The number of carbonyl (C=O) groups excluding carboxylic acids is 2. The maximum atomic E-state index is 13.2. The van der Waals surface area contributed by atoms with Crippen molar-refractivity contribution in [3.05, 3.63) is 59.6 Å². The number of hydrogen-bond acceptors (Lipinski definition) is 8. The van der Waals surface area contributed by atoms with Crippen molar-refractivity contribution in [1.29, 1.82) is 0 Å². The van der Waals surface area contributed by atoms with Crippen molar-refractivity contribution in [2.24, 2.45) is 10.9 Å². The van der Waals surface area contributed by atoms with Crippen LogP contribution < -0.4 is 4.74 Å². The Hall–Kier alpha value is -3.98. The number of Topliss-reactive ketones (excluding diaryl/α,β-unsaturated/α-hetero) is 1. The fraction of sp³-hybridized carbons (Fsp3) is 0.357. The monoisotopic (exact) mass is 504 g/mol. The number of nitrogens with one attached hydrogen (secondary N) is 1. The van der Waals surface area contributed by atoms with Gasteiger partial charge in [-0.2, -0.15) is 0 Å². The fourth-order valence-corrected chi connectivity index (χ4v) is 4.13. The van der Waals surface area contributed by atoms with Gasteiger partial charge in [-0.1, -0.05) is 13.8 Å². The summed E-state index contributed by atoms with van der Waals surface area (Å²) in [6, 6.07) is 9.19. The number of hydrogen-bond donors (Lipinski definition) is 1. The van der Waals surface area contributed by atoms with Crippen LogP contribution in [0.1, 0.15) is 31.9 Å². The Balaban J connectivity index is 1.59. The minimum absolute atomic E-state index is 0.00836. The summed E-state index contributed by atoms with van der Waals surface area (Å²) in [7, 11) is 0. The van der Waals surface area contributed by atoms with Crippen molar-refractivity contribution in [2.45, 2.75) is 27.7 Å². The minimum atomic E-state index is -1.26. The van der Waals surface area contributed by atoms with Gasteiger partial charge in [0.05, 0.1) is 12.3 Å². The van der Waals surface area contributed by atoms with E-state index < -0.39 is 17.7 Å². The average molecular weight is 505 g/mol. The highest BCUT2D eigenvalue weighted by molar-refractivity contribution is 6.27. The lowest BCUT2D eigenvalue weighted by Gasteiger charge is -2.18. The third kappa shape index (κ3) is 5.89. The molecule has 9 heteroatoms. The van der Waals surface area contributed by atoms with Crippen LogP contribution in [-0.4, -0.2) is 65.4 Å². The number of benzene rings is 1. The van der Waals surface area contributed by atoms with E-state index >= 15 is 0 Å². The molecule has 3 heterocycles. The Morgan fingerprint density at radius 2 is 2.05 bits per heavy atom. The summed E-state index contributed by atoms with van der Waals surface area (Å²) >= 11 is 0. The van der Waals surface area contributed by atoms with Crippen LogP contribution >= 0.6 is 0 Å². The molecular weight excluding hydrogens is 472 g/mol. The van der Waals surface area contributed by atoms with Gasteiger partial charge in [-0.25, -0.2) is 9.98 Å². The number of likely N-dealkylation sites (N-methyl/N-ethyl adjacent to an activating group) is 1. The molecule has 1 saturated heterocycles. The van der Waals surface area contributed by atoms with Gasteiger partial charge in [0.25, 0.3) is 0 Å². The van der Waals surface area contributed by atoms with Gasteiger partial charge >= 0.3 is 5.97 Å². The number of aryl methyl sites for hydroxylation is 1. The topological polar surface area (TPSA) is 106 Å². The van der Waals surface area contributed by atoms with Crippen molar-refractivity contribution in [3.8, 4) is 5.75 Å². The number of carbonyl (C=O) groups is 2. The van der Waals surface area contributed by atoms with Gasteiger partial charge in [0, 0.05) is 29.9 Å². The third-order valence-corrected chi connectivity index (χ3v) is 6.23. The molecule has 37 heavy (non-hydrogen) atoms. The number of nitrogens with zero attached hydrogens (tertiary/aromatic N) is 3. The number of H-pyrrole nitrogens is 1. The van der Waals surface area contributed by atoms with Crippen molar-refractivity contribution in [3.63, 3.8) is 0 Å². The zero-order chi connectivity index (χ0) is 26.4. The first-order valence-corrected chi connectivity index (χ1v) is 12.5. The van der Waals surface area contributed by atoms with Crippen LogP contribution in [0.15, 0.2) is 53.5 Å². The molecular formula is C28H32N4O5. The summed E-state index contributed by atoms with van der Waals surface area (Å²) in [5.74, 6) is -1.71. The molecule has 0 saturated carbocycles. The number of esters is 1. The molecule has 0 aliphatic carbocycles. The summed E-state index contributed by atoms with van der Waals surface area (Å²) < 4.78 is 16.9. The molecule has 1 aromatic carbocycles. The van der Waals surface area contributed by atoms with Crippen molar-refractivity contribution >= 4 is 40.4 Å². The normalized spacial score (nSPS) is 17.6. The summed E-state index contributed by atoms with van der Waals surface area (Å²) in [6.45, 7) is 11.3. The van der Waals surface area contributed by atoms with E-state index in [1.165, 1.54) is 0 Å². The van der Waals surface area contributed by atoms with E-state index in [4.69, 9.17) is 14.2 Å². The molecule has 1 fully saturated rings. The molecule has 0 amide bonds.